The van der Waals surface area contributed by atoms with Crippen molar-refractivity contribution in [2.24, 2.45) is 7.05 Å². The normalized spacial score (nSPS) is 10.5. The highest BCUT2D eigenvalue weighted by Gasteiger charge is 2.13. The van der Waals surface area contributed by atoms with Gasteiger partial charge in [0, 0.05) is 12.6 Å². The van der Waals surface area contributed by atoms with E-state index in [1.807, 2.05) is 13.0 Å². The molecule has 0 aliphatic carbocycles. The van der Waals surface area contributed by atoms with E-state index >= 15 is 0 Å². The molecule has 1 aromatic heterocycles. The van der Waals surface area contributed by atoms with Crippen molar-refractivity contribution in [3.63, 3.8) is 0 Å². The van der Waals surface area contributed by atoms with E-state index in [0.717, 1.165) is 16.8 Å². The minimum absolute atomic E-state index is 0.258. The lowest BCUT2D eigenvalue weighted by molar-refractivity contribution is 0.0697. The number of rotatable bonds is 2. The zero-order chi connectivity index (χ0) is 12.6. The highest BCUT2D eigenvalue weighted by molar-refractivity contribution is 9.10. The number of carbonyl (C=O) groups is 1. The topological polar surface area (TPSA) is 68.0 Å². The molecule has 0 saturated heterocycles. The number of benzene rings is 1. The quantitative estimate of drug-likeness (QED) is 0.923. The summed E-state index contributed by atoms with van der Waals surface area (Å²) >= 11 is 3.30. The van der Waals surface area contributed by atoms with Crippen LogP contribution in [0.5, 0.6) is 0 Å². The molecule has 2 aromatic rings. The third-order valence-electron chi connectivity index (χ3n) is 2.38. The van der Waals surface area contributed by atoms with E-state index < -0.39 is 5.97 Å². The van der Waals surface area contributed by atoms with Crippen LogP contribution in [-0.2, 0) is 7.05 Å². The largest absolute Gasteiger partial charge is 0.478 e. The molecule has 2 rings (SSSR count). The summed E-state index contributed by atoms with van der Waals surface area (Å²) in [6.07, 6.45) is 0. The Hall–Kier alpha value is -1.69. The number of hydrogen-bond donors (Lipinski definition) is 1. The van der Waals surface area contributed by atoms with E-state index in [2.05, 4.69) is 26.2 Å². The van der Waals surface area contributed by atoms with Gasteiger partial charge in [-0.25, -0.2) is 9.48 Å². The van der Waals surface area contributed by atoms with Gasteiger partial charge >= 0.3 is 5.97 Å². The van der Waals surface area contributed by atoms with Crippen LogP contribution in [0.1, 0.15) is 15.9 Å². The minimum atomic E-state index is -0.943. The lowest BCUT2D eigenvalue weighted by Crippen LogP contribution is -1.99. The second-order valence-corrected chi connectivity index (χ2v) is 4.50. The summed E-state index contributed by atoms with van der Waals surface area (Å²) in [6.45, 7) is 1.85. The highest BCUT2D eigenvalue weighted by Crippen LogP contribution is 2.27. The lowest BCUT2D eigenvalue weighted by atomic mass is 10.0. The Morgan fingerprint density at radius 3 is 2.65 bits per heavy atom. The van der Waals surface area contributed by atoms with Gasteiger partial charge in [-0.1, -0.05) is 5.21 Å². The second-order valence-electron chi connectivity index (χ2n) is 3.75. The lowest BCUT2D eigenvalue weighted by Gasteiger charge is -2.05. The van der Waals surface area contributed by atoms with E-state index in [9.17, 15) is 4.79 Å². The molecule has 0 bridgehead atoms. The van der Waals surface area contributed by atoms with Crippen molar-refractivity contribution in [2.45, 2.75) is 6.92 Å². The summed E-state index contributed by atoms with van der Waals surface area (Å²) in [7, 11) is 1.76. The molecule has 0 spiro atoms. The molecule has 0 radical (unpaired) electrons. The van der Waals surface area contributed by atoms with Crippen LogP contribution in [0.25, 0.3) is 11.3 Å². The average Bonchev–Trinajstić information content (AvgIpc) is 2.57. The first-order chi connectivity index (χ1) is 7.99. The number of carboxylic acids is 1. The van der Waals surface area contributed by atoms with Crippen molar-refractivity contribution in [1.82, 2.24) is 15.0 Å². The van der Waals surface area contributed by atoms with Gasteiger partial charge in [0.25, 0.3) is 0 Å². The Morgan fingerprint density at radius 1 is 1.41 bits per heavy atom. The number of aromatic carboxylic acids is 1. The molecule has 0 aliphatic rings. The van der Waals surface area contributed by atoms with Crippen molar-refractivity contribution in [3.05, 3.63) is 33.9 Å². The summed E-state index contributed by atoms with van der Waals surface area (Å²) in [5, 5.41) is 16.8. The smallest absolute Gasteiger partial charge is 0.335 e. The molecule has 88 valence electrons. The Morgan fingerprint density at radius 2 is 2.12 bits per heavy atom. The van der Waals surface area contributed by atoms with Crippen molar-refractivity contribution in [3.8, 4) is 11.3 Å². The molecule has 1 aromatic carbocycles. The van der Waals surface area contributed by atoms with E-state index in [4.69, 9.17) is 5.11 Å². The van der Waals surface area contributed by atoms with Crippen molar-refractivity contribution >= 4 is 21.9 Å². The average molecular weight is 296 g/mol. The van der Waals surface area contributed by atoms with Crippen molar-refractivity contribution in [2.75, 3.05) is 0 Å². The monoisotopic (exact) mass is 295 g/mol. The van der Waals surface area contributed by atoms with E-state index in [-0.39, 0.29) is 5.56 Å². The van der Waals surface area contributed by atoms with Crippen molar-refractivity contribution in [1.29, 1.82) is 0 Å². The molecule has 0 saturated carbocycles. The van der Waals surface area contributed by atoms with Crippen LogP contribution in [0.2, 0.25) is 0 Å². The number of aromatic nitrogens is 3. The summed E-state index contributed by atoms with van der Waals surface area (Å²) in [6, 6.07) is 5.14. The Balaban J connectivity index is 2.64. The summed E-state index contributed by atoms with van der Waals surface area (Å²) in [5.41, 5.74) is 2.68. The zero-order valence-corrected chi connectivity index (χ0v) is 10.9. The fraction of sp³-hybridized carbons (Fsp3) is 0.182. The summed E-state index contributed by atoms with van der Waals surface area (Å²) in [4.78, 5) is 11.0. The third-order valence-corrected chi connectivity index (χ3v) is 2.92. The molecule has 5 nitrogen and oxygen atoms in total. The van der Waals surface area contributed by atoms with Gasteiger partial charge in [-0.05, 0) is 46.6 Å². The predicted octanol–water partition coefficient (Wildman–Crippen LogP) is 2.25. The molecular formula is C11H10BrN3O2. The van der Waals surface area contributed by atoms with Crippen LogP contribution >= 0.6 is 15.9 Å². The first kappa shape index (κ1) is 11.8. The molecule has 0 unspecified atom stereocenters. The van der Waals surface area contributed by atoms with Crippen LogP contribution in [-0.4, -0.2) is 26.1 Å². The maximum absolute atomic E-state index is 11.0. The Labute approximate surface area is 106 Å². The zero-order valence-electron chi connectivity index (χ0n) is 9.31. The molecular weight excluding hydrogens is 286 g/mol. The van der Waals surface area contributed by atoms with Gasteiger partial charge in [0.2, 0.25) is 0 Å². The van der Waals surface area contributed by atoms with Gasteiger partial charge < -0.3 is 5.11 Å². The number of carboxylic acid groups (broad SMARTS) is 1. The molecule has 0 fully saturated rings. The number of aryl methyl sites for hydroxylation is 2. The van der Waals surface area contributed by atoms with Gasteiger partial charge in [0.05, 0.1) is 5.56 Å². The summed E-state index contributed by atoms with van der Waals surface area (Å²) in [5.74, 6) is -0.943. The number of halogens is 1. The molecule has 0 atom stereocenters. The summed E-state index contributed by atoms with van der Waals surface area (Å²) < 4.78 is 2.20. The molecule has 1 heterocycles. The number of hydrogen-bond acceptors (Lipinski definition) is 3. The van der Waals surface area contributed by atoms with Gasteiger partial charge in [0.15, 0.2) is 4.60 Å². The van der Waals surface area contributed by atoms with Gasteiger partial charge in [-0.2, -0.15) is 0 Å². The molecule has 0 amide bonds. The maximum atomic E-state index is 11.0. The number of nitrogens with zero attached hydrogens (tertiary/aromatic N) is 3. The molecule has 0 aliphatic heterocycles. The van der Waals surface area contributed by atoms with E-state index in [1.54, 1.807) is 23.9 Å². The fourth-order valence-corrected chi connectivity index (χ4v) is 2.24. The molecule has 1 N–H and O–H groups in total. The van der Waals surface area contributed by atoms with Crippen LogP contribution < -0.4 is 0 Å². The van der Waals surface area contributed by atoms with Crippen LogP contribution in [0, 0.1) is 6.92 Å². The van der Waals surface area contributed by atoms with E-state index in [1.165, 1.54) is 0 Å². The second kappa shape index (κ2) is 4.29. The van der Waals surface area contributed by atoms with Crippen LogP contribution in [0.3, 0.4) is 0 Å². The van der Waals surface area contributed by atoms with Gasteiger partial charge in [-0.15, -0.1) is 5.10 Å². The third kappa shape index (κ3) is 2.21. The standard InChI is InChI=1S/C11H10BrN3O2/c1-6-3-7(5-8(4-6)11(16)17)9-10(12)13-14-15(9)2/h3-5H,1-2H3,(H,16,17). The maximum Gasteiger partial charge on any atom is 0.335 e. The SMILES string of the molecule is Cc1cc(C(=O)O)cc(-c2c(Br)nnn2C)c1. The highest BCUT2D eigenvalue weighted by atomic mass is 79.9. The first-order valence-electron chi connectivity index (χ1n) is 4.89. The van der Waals surface area contributed by atoms with Crippen LogP contribution in [0.4, 0.5) is 0 Å². The predicted molar refractivity (Wildman–Crippen MR) is 65.8 cm³/mol. The van der Waals surface area contributed by atoms with Crippen LogP contribution in [0.15, 0.2) is 22.8 Å². The van der Waals surface area contributed by atoms with E-state index in [0.29, 0.717) is 4.60 Å². The molecule has 6 heteroatoms. The minimum Gasteiger partial charge on any atom is -0.478 e. The Kier molecular flexibility index (Phi) is 2.97. The first-order valence-corrected chi connectivity index (χ1v) is 5.69. The van der Waals surface area contributed by atoms with Crippen molar-refractivity contribution < 1.29 is 9.90 Å². The van der Waals surface area contributed by atoms with Gasteiger partial charge in [0.1, 0.15) is 5.69 Å². The Bertz CT molecular complexity index is 573. The fourth-order valence-electron chi connectivity index (χ4n) is 1.68. The van der Waals surface area contributed by atoms with Gasteiger partial charge in [-0.3, -0.25) is 0 Å². The molecule has 17 heavy (non-hydrogen) atoms.